The number of hydrogen-bond acceptors (Lipinski definition) is 2. The van der Waals surface area contributed by atoms with Crippen LogP contribution in [0.25, 0.3) is 0 Å². The van der Waals surface area contributed by atoms with Gasteiger partial charge < -0.3 is 9.64 Å². The molecule has 17 heavy (non-hydrogen) atoms. The fourth-order valence-electron chi connectivity index (χ4n) is 3.69. The minimum absolute atomic E-state index is 0.549. The summed E-state index contributed by atoms with van der Waals surface area (Å²) in [4.78, 5) is 2.75. The van der Waals surface area contributed by atoms with E-state index in [4.69, 9.17) is 4.74 Å². The van der Waals surface area contributed by atoms with E-state index in [-0.39, 0.29) is 0 Å². The van der Waals surface area contributed by atoms with Crippen LogP contribution < -0.4 is 0 Å². The largest absolute Gasteiger partial charge is 0.381 e. The molecule has 0 aromatic carbocycles. The van der Waals surface area contributed by atoms with Gasteiger partial charge in [-0.05, 0) is 51.0 Å². The van der Waals surface area contributed by atoms with Gasteiger partial charge in [-0.3, -0.25) is 0 Å². The number of methoxy groups -OCH3 is 1. The van der Waals surface area contributed by atoms with Gasteiger partial charge in [-0.25, -0.2) is 0 Å². The molecule has 2 aliphatic carbocycles. The summed E-state index contributed by atoms with van der Waals surface area (Å²) in [5.74, 6) is 0.932. The van der Waals surface area contributed by atoms with Crippen molar-refractivity contribution in [3.05, 3.63) is 0 Å². The summed E-state index contributed by atoms with van der Waals surface area (Å²) in [6.07, 6.45) is 11.7. The summed E-state index contributed by atoms with van der Waals surface area (Å²) >= 11 is 0. The maximum absolute atomic E-state index is 5.46. The molecule has 2 rings (SSSR count). The van der Waals surface area contributed by atoms with Crippen LogP contribution in [-0.2, 0) is 4.74 Å². The first-order valence-electron chi connectivity index (χ1n) is 7.60. The van der Waals surface area contributed by atoms with Crippen LogP contribution in [0.2, 0.25) is 0 Å². The standard InChI is InChI=1S/C15H29NO/c1-3-16(14-6-4-5-7-14)12-13-8-10-15(17-2)11-9-13/h13-15H,3-12H2,1-2H3/t13-,15-. The zero-order valence-corrected chi connectivity index (χ0v) is 11.7. The SMILES string of the molecule is CCN(C[C@H]1CC[C@H](OC)CC1)C1CCCC1. The first-order chi connectivity index (χ1) is 8.33. The molecule has 0 aliphatic heterocycles. The van der Waals surface area contributed by atoms with Crippen molar-refractivity contribution in [1.82, 2.24) is 4.90 Å². The van der Waals surface area contributed by atoms with Crippen LogP contribution in [0.4, 0.5) is 0 Å². The summed E-state index contributed by atoms with van der Waals surface area (Å²) in [5, 5.41) is 0. The van der Waals surface area contributed by atoms with Crippen LogP contribution in [0.5, 0.6) is 0 Å². The number of ether oxygens (including phenoxy) is 1. The van der Waals surface area contributed by atoms with Gasteiger partial charge in [0.25, 0.3) is 0 Å². The molecule has 0 aromatic rings. The summed E-state index contributed by atoms with van der Waals surface area (Å²) in [6.45, 7) is 4.92. The normalized spacial score (nSPS) is 31.2. The molecule has 2 saturated carbocycles. The molecule has 0 heterocycles. The minimum Gasteiger partial charge on any atom is -0.381 e. The third-order valence-corrected chi connectivity index (χ3v) is 4.87. The lowest BCUT2D eigenvalue weighted by atomic mass is 9.86. The van der Waals surface area contributed by atoms with Gasteiger partial charge in [0.05, 0.1) is 6.10 Å². The maximum atomic E-state index is 5.46. The molecule has 0 amide bonds. The van der Waals surface area contributed by atoms with E-state index in [9.17, 15) is 0 Å². The monoisotopic (exact) mass is 239 g/mol. The van der Waals surface area contributed by atoms with Crippen molar-refractivity contribution in [2.45, 2.75) is 70.4 Å². The Balaban J connectivity index is 1.75. The summed E-state index contributed by atoms with van der Waals surface area (Å²) in [7, 11) is 1.86. The Morgan fingerprint density at radius 2 is 1.65 bits per heavy atom. The molecule has 2 aliphatic rings. The molecule has 0 N–H and O–H groups in total. The highest BCUT2D eigenvalue weighted by atomic mass is 16.5. The number of hydrogen-bond donors (Lipinski definition) is 0. The summed E-state index contributed by atoms with van der Waals surface area (Å²) < 4.78 is 5.46. The zero-order chi connectivity index (χ0) is 12.1. The Morgan fingerprint density at radius 3 is 2.18 bits per heavy atom. The van der Waals surface area contributed by atoms with Gasteiger partial charge in [-0.1, -0.05) is 19.8 Å². The van der Waals surface area contributed by atoms with E-state index < -0.39 is 0 Å². The molecule has 0 aromatic heterocycles. The van der Waals surface area contributed by atoms with Crippen LogP contribution in [-0.4, -0.2) is 37.2 Å². The molecular weight excluding hydrogens is 210 g/mol. The second-order valence-electron chi connectivity index (χ2n) is 5.90. The molecular formula is C15H29NO. The lowest BCUT2D eigenvalue weighted by Gasteiger charge is -2.34. The van der Waals surface area contributed by atoms with Crippen molar-refractivity contribution in [2.75, 3.05) is 20.2 Å². The van der Waals surface area contributed by atoms with Gasteiger partial charge >= 0.3 is 0 Å². The second-order valence-corrected chi connectivity index (χ2v) is 5.90. The Morgan fingerprint density at radius 1 is 1.00 bits per heavy atom. The lowest BCUT2D eigenvalue weighted by Crippen LogP contribution is -2.38. The number of nitrogens with zero attached hydrogens (tertiary/aromatic N) is 1. The van der Waals surface area contributed by atoms with Crippen LogP contribution >= 0.6 is 0 Å². The predicted octanol–water partition coefficient (Wildman–Crippen LogP) is 3.46. The van der Waals surface area contributed by atoms with Gasteiger partial charge in [0.15, 0.2) is 0 Å². The van der Waals surface area contributed by atoms with Gasteiger partial charge in [0, 0.05) is 19.7 Å². The van der Waals surface area contributed by atoms with E-state index >= 15 is 0 Å². The van der Waals surface area contributed by atoms with Gasteiger partial charge in [0.2, 0.25) is 0 Å². The van der Waals surface area contributed by atoms with Crippen LogP contribution in [0.1, 0.15) is 58.3 Å². The summed E-state index contributed by atoms with van der Waals surface area (Å²) in [6, 6.07) is 0.903. The molecule has 0 radical (unpaired) electrons. The average molecular weight is 239 g/mol. The van der Waals surface area contributed by atoms with E-state index in [1.165, 1.54) is 64.5 Å². The van der Waals surface area contributed by atoms with E-state index in [0.29, 0.717) is 6.10 Å². The van der Waals surface area contributed by atoms with Gasteiger partial charge in [-0.2, -0.15) is 0 Å². The van der Waals surface area contributed by atoms with Crippen LogP contribution in [0.3, 0.4) is 0 Å². The van der Waals surface area contributed by atoms with Crippen molar-refractivity contribution < 1.29 is 4.74 Å². The van der Waals surface area contributed by atoms with E-state index in [1.807, 2.05) is 7.11 Å². The van der Waals surface area contributed by atoms with Gasteiger partial charge in [-0.15, -0.1) is 0 Å². The van der Waals surface area contributed by atoms with Gasteiger partial charge in [0.1, 0.15) is 0 Å². The molecule has 100 valence electrons. The smallest absolute Gasteiger partial charge is 0.0571 e. The fourth-order valence-corrected chi connectivity index (χ4v) is 3.69. The molecule has 2 fully saturated rings. The average Bonchev–Trinajstić information content (AvgIpc) is 2.90. The first-order valence-corrected chi connectivity index (χ1v) is 7.60. The van der Waals surface area contributed by atoms with Crippen molar-refractivity contribution in [1.29, 1.82) is 0 Å². The minimum atomic E-state index is 0.549. The first kappa shape index (κ1) is 13.4. The van der Waals surface area contributed by atoms with Crippen LogP contribution in [0, 0.1) is 5.92 Å². The molecule has 0 unspecified atom stereocenters. The fraction of sp³-hybridized carbons (Fsp3) is 1.00. The van der Waals surface area contributed by atoms with Crippen LogP contribution in [0.15, 0.2) is 0 Å². The van der Waals surface area contributed by atoms with Crippen molar-refractivity contribution in [3.63, 3.8) is 0 Å². The van der Waals surface area contributed by atoms with Crippen molar-refractivity contribution >= 4 is 0 Å². The highest BCUT2D eigenvalue weighted by molar-refractivity contribution is 4.81. The third kappa shape index (κ3) is 3.69. The van der Waals surface area contributed by atoms with E-state index in [0.717, 1.165) is 12.0 Å². The predicted molar refractivity (Wildman–Crippen MR) is 72.3 cm³/mol. The number of rotatable bonds is 5. The molecule has 0 bridgehead atoms. The summed E-state index contributed by atoms with van der Waals surface area (Å²) in [5.41, 5.74) is 0. The zero-order valence-electron chi connectivity index (χ0n) is 11.7. The quantitative estimate of drug-likeness (QED) is 0.728. The Bertz CT molecular complexity index is 205. The second kappa shape index (κ2) is 6.75. The Labute approximate surface area is 107 Å². The molecule has 2 heteroatoms. The van der Waals surface area contributed by atoms with E-state index in [2.05, 4.69) is 11.8 Å². The highest BCUT2D eigenvalue weighted by Crippen LogP contribution is 2.29. The van der Waals surface area contributed by atoms with Crippen molar-refractivity contribution in [3.8, 4) is 0 Å². The van der Waals surface area contributed by atoms with E-state index in [1.54, 1.807) is 0 Å². The van der Waals surface area contributed by atoms with Crippen molar-refractivity contribution in [2.24, 2.45) is 5.92 Å². The molecule has 0 saturated heterocycles. The molecule has 0 atom stereocenters. The third-order valence-electron chi connectivity index (χ3n) is 4.87. The maximum Gasteiger partial charge on any atom is 0.0571 e. The molecule has 0 spiro atoms. The lowest BCUT2D eigenvalue weighted by molar-refractivity contribution is 0.0463. The Hall–Kier alpha value is -0.0800. The molecule has 2 nitrogen and oxygen atoms in total. The highest BCUT2D eigenvalue weighted by Gasteiger charge is 2.26. The Kier molecular flexibility index (Phi) is 5.30. The topological polar surface area (TPSA) is 12.5 Å².